The lowest BCUT2D eigenvalue weighted by Crippen LogP contribution is -2.02. The summed E-state index contributed by atoms with van der Waals surface area (Å²) in [6, 6.07) is 10.2. The van der Waals surface area contributed by atoms with Gasteiger partial charge in [-0.25, -0.2) is 4.98 Å². The summed E-state index contributed by atoms with van der Waals surface area (Å²) < 4.78 is 1.96. The Bertz CT molecular complexity index is 625. The maximum absolute atomic E-state index is 8.78. The van der Waals surface area contributed by atoms with Gasteiger partial charge < -0.3 is 4.57 Å². The van der Waals surface area contributed by atoms with Gasteiger partial charge in [0, 0.05) is 6.54 Å². The molecule has 1 aromatic carbocycles. The fraction of sp³-hybridized carbons (Fsp3) is 0.308. The predicted molar refractivity (Wildman–Crippen MR) is 64.0 cm³/mol. The van der Waals surface area contributed by atoms with Gasteiger partial charge in [-0.05, 0) is 24.6 Å². The van der Waals surface area contributed by atoms with E-state index in [1.165, 1.54) is 0 Å². The van der Waals surface area contributed by atoms with Crippen molar-refractivity contribution in [2.24, 2.45) is 0 Å². The number of fused-ring (bicyclic) bond motifs is 1. The number of aromatic nitrogens is 2. The van der Waals surface area contributed by atoms with Gasteiger partial charge in [0.2, 0.25) is 0 Å². The Kier molecular flexibility index (Phi) is 3.07. The van der Waals surface area contributed by atoms with Crippen molar-refractivity contribution in [3.63, 3.8) is 0 Å². The molecule has 1 heterocycles. The number of aryl methyl sites for hydroxylation is 2. The van der Waals surface area contributed by atoms with Crippen molar-refractivity contribution < 1.29 is 0 Å². The predicted octanol–water partition coefficient (Wildman–Crippen LogP) is 2.32. The van der Waals surface area contributed by atoms with Gasteiger partial charge in [-0.3, -0.25) is 0 Å². The van der Waals surface area contributed by atoms with Crippen molar-refractivity contribution in [2.75, 3.05) is 0 Å². The van der Waals surface area contributed by atoms with Crippen molar-refractivity contribution in [3.8, 4) is 12.1 Å². The van der Waals surface area contributed by atoms with Crippen LogP contribution in [0, 0.1) is 29.6 Å². The lowest BCUT2D eigenvalue weighted by molar-refractivity contribution is 0.699. The van der Waals surface area contributed by atoms with Crippen LogP contribution >= 0.6 is 0 Å². The van der Waals surface area contributed by atoms with Crippen molar-refractivity contribution >= 4 is 11.0 Å². The number of benzene rings is 1. The molecular weight excluding hydrogens is 212 g/mol. The molecule has 0 radical (unpaired) electrons. The Labute approximate surface area is 99.7 Å². The van der Waals surface area contributed by atoms with Gasteiger partial charge in [0.25, 0.3) is 0 Å². The minimum Gasteiger partial charge on any atom is -0.326 e. The number of hydrogen-bond donors (Lipinski definition) is 0. The molecule has 0 spiro atoms. The molecule has 0 unspecified atom stereocenters. The topological polar surface area (TPSA) is 65.4 Å². The van der Waals surface area contributed by atoms with Gasteiger partial charge in [0.15, 0.2) is 0 Å². The Morgan fingerprint density at radius 2 is 2.12 bits per heavy atom. The highest BCUT2D eigenvalue weighted by Crippen LogP contribution is 2.18. The molecule has 4 heteroatoms. The van der Waals surface area contributed by atoms with Crippen LogP contribution in [0.3, 0.4) is 0 Å². The van der Waals surface area contributed by atoms with Crippen molar-refractivity contribution in [3.05, 3.63) is 29.6 Å². The molecule has 2 rings (SSSR count). The molecule has 17 heavy (non-hydrogen) atoms. The summed E-state index contributed by atoms with van der Waals surface area (Å²) in [4.78, 5) is 4.45. The Balaban J connectivity index is 2.55. The third-order valence-corrected chi connectivity index (χ3v) is 2.67. The minimum atomic E-state index is 0.277. The molecule has 0 aliphatic heterocycles. The summed E-state index contributed by atoms with van der Waals surface area (Å²) in [5.41, 5.74) is 3.04. The second-order valence-corrected chi connectivity index (χ2v) is 3.91. The van der Waals surface area contributed by atoms with Crippen LogP contribution in [0.25, 0.3) is 11.0 Å². The maximum atomic E-state index is 8.78. The molecule has 1 aromatic heterocycles. The van der Waals surface area contributed by atoms with Gasteiger partial charge in [0.1, 0.15) is 5.82 Å². The summed E-state index contributed by atoms with van der Waals surface area (Å²) in [6.45, 7) is 2.60. The average molecular weight is 224 g/mol. The molecule has 0 atom stereocenters. The zero-order valence-electron chi connectivity index (χ0n) is 9.64. The van der Waals surface area contributed by atoms with Crippen LogP contribution < -0.4 is 0 Å². The smallest absolute Gasteiger partial charge is 0.124 e. The highest BCUT2D eigenvalue weighted by molar-refractivity contribution is 5.77. The van der Waals surface area contributed by atoms with Crippen LogP contribution in [-0.4, -0.2) is 9.55 Å². The van der Waals surface area contributed by atoms with Crippen LogP contribution in [0.5, 0.6) is 0 Å². The van der Waals surface area contributed by atoms with E-state index in [-0.39, 0.29) is 6.42 Å². The summed E-state index contributed by atoms with van der Waals surface area (Å²) in [5.74, 6) is 0.739. The quantitative estimate of drug-likeness (QED) is 0.803. The number of nitrogens with zero attached hydrogens (tertiary/aromatic N) is 4. The minimum absolute atomic E-state index is 0.277. The Morgan fingerprint density at radius 1 is 1.29 bits per heavy atom. The van der Waals surface area contributed by atoms with E-state index in [4.69, 9.17) is 10.5 Å². The SMILES string of the molecule is Cc1ccc2c(c1)nc(CC#N)n2CCC#N. The third kappa shape index (κ3) is 2.11. The zero-order chi connectivity index (χ0) is 12.3. The number of nitriles is 2. The largest absolute Gasteiger partial charge is 0.326 e. The summed E-state index contributed by atoms with van der Waals surface area (Å²) in [5, 5.41) is 17.4. The van der Waals surface area contributed by atoms with E-state index in [1.807, 2.05) is 29.7 Å². The highest BCUT2D eigenvalue weighted by atomic mass is 15.1. The van der Waals surface area contributed by atoms with Crippen LogP contribution in [-0.2, 0) is 13.0 Å². The van der Waals surface area contributed by atoms with E-state index in [1.54, 1.807) is 0 Å². The average Bonchev–Trinajstić information content (AvgIpc) is 2.63. The number of hydrogen-bond acceptors (Lipinski definition) is 3. The molecule has 0 bridgehead atoms. The first-order chi connectivity index (χ1) is 8.26. The molecule has 0 saturated heterocycles. The van der Waals surface area contributed by atoms with E-state index < -0.39 is 0 Å². The molecule has 0 aliphatic rings. The monoisotopic (exact) mass is 224 g/mol. The fourth-order valence-electron chi connectivity index (χ4n) is 1.91. The second-order valence-electron chi connectivity index (χ2n) is 3.91. The van der Waals surface area contributed by atoms with Gasteiger partial charge in [0.05, 0.1) is 36.0 Å². The summed E-state index contributed by atoms with van der Waals surface area (Å²) >= 11 is 0. The molecule has 84 valence electrons. The molecule has 4 nitrogen and oxygen atoms in total. The first-order valence-electron chi connectivity index (χ1n) is 5.46. The van der Waals surface area contributed by atoms with Crippen LogP contribution in [0.2, 0.25) is 0 Å². The fourth-order valence-corrected chi connectivity index (χ4v) is 1.91. The number of imidazole rings is 1. The van der Waals surface area contributed by atoms with Crippen molar-refractivity contribution in [1.29, 1.82) is 10.5 Å². The number of rotatable bonds is 3. The Morgan fingerprint density at radius 3 is 2.82 bits per heavy atom. The molecule has 0 saturated carbocycles. The maximum Gasteiger partial charge on any atom is 0.124 e. The molecule has 0 amide bonds. The van der Waals surface area contributed by atoms with Gasteiger partial charge in [-0.15, -0.1) is 0 Å². The lowest BCUT2D eigenvalue weighted by atomic mass is 10.2. The Hall–Kier alpha value is -2.33. The summed E-state index contributed by atoms with van der Waals surface area (Å²) in [7, 11) is 0. The van der Waals surface area contributed by atoms with Crippen molar-refractivity contribution in [2.45, 2.75) is 26.3 Å². The van der Waals surface area contributed by atoms with Gasteiger partial charge in [-0.2, -0.15) is 10.5 Å². The van der Waals surface area contributed by atoms with Gasteiger partial charge >= 0.3 is 0 Å². The van der Waals surface area contributed by atoms with E-state index in [0.29, 0.717) is 13.0 Å². The van der Waals surface area contributed by atoms with Crippen LogP contribution in [0.4, 0.5) is 0 Å². The molecule has 0 N–H and O–H groups in total. The van der Waals surface area contributed by atoms with E-state index >= 15 is 0 Å². The highest BCUT2D eigenvalue weighted by Gasteiger charge is 2.09. The lowest BCUT2D eigenvalue weighted by Gasteiger charge is -2.04. The van der Waals surface area contributed by atoms with Crippen LogP contribution in [0.15, 0.2) is 18.2 Å². The zero-order valence-corrected chi connectivity index (χ0v) is 9.64. The van der Waals surface area contributed by atoms with Gasteiger partial charge in [-0.1, -0.05) is 6.07 Å². The first-order valence-corrected chi connectivity index (χ1v) is 5.46. The first kappa shape index (κ1) is 11.2. The summed E-state index contributed by atoms with van der Waals surface area (Å²) in [6.07, 6.45) is 0.705. The molecule has 2 aromatic rings. The third-order valence-electron chi connectivity index (χ3n) is 2.67. The van der Waals surface area contributed by atoms with Crippen LogP contribution in [0.1, 0.15) is 17.8 Å². The van der Waals surface area contributed by atoms with E-state index in [9.17, 15) is 0 Å². The van der Waals surface area contributed by atoms with Crippen molar-refractivity contribution in [1.82, 2.24) is 9.55 Å². The molecule has 0 aliphatic carbocycles. The van der Waals surface area contributed by atoms with E-state index in [2.05, 4.69) is 17.1 Å². The standard InChI is InChI=1S/C13H12N4/c1-10-3-4-12-11(9-10)16-13(5-7-15)17(12)8-2-6-14/h3-4,9H,2,5,8H2,1H3. The molecular formula is C13H12N4. The second kappa shape index (κ2) is 4.67. The molecule has 0 fully saturated rings. The van der Waals surface area contributed by atoms with E-state index in [0.717, 1.165) is 22.4 Å². The normalized spacial score (nSPS) is 10.1.